The van der Waals surface area contributed by atoms with Crippen molar-refractivity contribution in [2.75, 3.05) is 0 Å². The highest BCUT2D eigenvalue weighted by atomic mass is 15.0. The molecule has 3 heteroatoms. The Labute approximate surface area is 118 Å². The lowest BCUT2D eigenvalue weighted by molar-refractivity contribution is 0.913. The first kappa shape index (κ1) is 13.6. The summed E-state index contributed by atoms with van der Waals surface area (Å²) in [5.41, 5.74) is 2.80. The van der Waals surface area contributed by atoms with Gasteiger partial charge in [-0.1, -0.05) is 48.5 Å². The van der Waals surface area contributed by atoms with Crippen LogP contribution in [-0.4, -0.2) is 9.55 Å². The molecule has 1 aromatic heterocycles. The first-order chi connectivity index (χ1) is 9.81. The summed E-state index contributed by atoms with van der Waals surface area (Å²) in [5, 5.41) is 8.93. The van der Waals surface area contributed by atoms with Crippen molar-refractivity contribution in [2.45, 2.75) is 0 Å². The Morgan fingerprint density at radius 1 is 1.00 bits per heavy atom. The van der Waals surface area contributed by atoms with Gasteiger partial charge in [0, 0.05) is 19.4 Å². The maximum atomic E-state index is 8.93. The molecule has 2 aromatic carbocycles. The molecule has 0 N–H and O–H groups in total. The van der Waals surface area contributed by atoms with E-state index >= 15 is 0 Å². The lowest BCUT2D eigenvalue weighted by atomic mass is 10.0. The van der Waals surface area contributed by atoms with Gasteiger partial charge in [-0.25, -0.2) is 4.98 Å². The van der Waals surface area contributed by atoms with Crippen molar-refractivity contribution < 1.29 is 0 Å². The molecule has 0 aliphatic heterocycles. The number of nitrogens with zero attached hydrogens (tertiary/aromatic N) is 3. The SMILES string of the molecule is Cn1ccnc1.N#Cc1ccccc1-c1ccccc1. The van der Waals surface area contributed by atoms with Crippen LogP contribution in [-0.2, 0) is 7.05 Å². The summed E-state index contributed by atoms with van der Waals surface area (Å²) in [7, 11) is 1.94. The van der Waals surface area contributed by atoms with E-state index < -0.39 is 0 Å². The average molecular weight is 261 g/mol. The van der Waals surface area contributed by atoms with E-state index in [-0.39, 0.29) is 0 Å². The zero-order valence-corrected chi connectivity index (χ0v) is 11.3. The molecule has 0 aliphatic rings. The van der Waals surface area contributed by atoms with Gasteiger partial charge in [0.2, 0.25) is 0 Å². The van der Waals surface area contributed by atoms with Crippen molar-refractivity contribution in [3.63, 3.8) is 0 Å². The monoisotopic (exact) mass is 261 g/mol. The smallest absolute Gasteiger partial charge is 0.0998 e. The van der Waals surface area contributed by atoms with Gasteiger partial charge in [0.05, 0.1) is 18.0 Å². The summed E-state index contributed by atoms with van der Waals surface area (Å²) in [6.07, 6.45) is 5.39. The molecule has 3 rings (SSSR count). The molecule has 1 heterocycles. The van der Waals surface area contributed by atoms with Crippen LogP contribution in [0.3, 0.4) is 0 Å². The van der Waals surface area contributed by atoms with Crippen molar-refractivity contribution in [1.82, 2.24) is 9.55 Å². The van der Waals surface area contributed by atoms with E-state index in [4.69, 9.17) is 5.26 Å². The average Bonchev–Trinajstić information content (AvgIpc) is 3.00. The molecule has 20 heavy (non-hydrogen) atoms. The number of hydrogen-bond acceptors (Lipinski definition) is 2. The van der Waals surface area contributed by atoms with Crippen molar-refractivity contribution in [1.29, 1.82) is 5.26 Å². The third kappa shape index (κ3) is 3.56. The molecule has 0 bridgehead atoms. The first-order valence-corrected chi connectivity index (χ1v) is 6.27. The summed E-state index contributed by atoms with van der Waals surface area (Å²) >= 11 is 0. The molecular weight excluding hydrogens is 246 g/mol. The molecule has 0 amide bonds. The van der Waals surface area contributed by atoms with Gasteiger partial charge in [0.1, 0.15) is 0 Å². The van der Waals surface area contributed by atoms with Crippen LogP contribution in [0.2, 0.25) is 0 Å². The zero-order valence-electron chi connectivity index (χ0n) is 11.3. The fraction of sp³-hybridized carbons (Fsp3) is 0.0588. The van der Waals surface area contributed by atoms with E-state index in [0.29, 0.717) is 0 Å². The van der Waals surface area contributed by atoms with Crippen molar-refractivity contribution in [3.05, 3.63) is 78.9 Å². The lowest BCUT2D eigenvalue weighted by Crippen LogP contribution is -1.82. The molecule has 3 aromatic rings. The minimum Gasteiger partial charge on any atom is -0.341 e. The second-order valence-electron chi connectivity index (χ2n) is 4.25. The maximum absolute atomic E-state index is 8.93. The van der Waals surface area contributed by atoms with E-state index in [0.717, 1.165) is 16.7 Å². The van der Waals surface area contributed by atoms with Crippen molar-refractivity contribution >= 4 is 0 Å². The largest absolute Gasteiger partial charge is 0.341 e. The Morgan fingerprint density at radius 3 is 2.25 bits per heavy atom. The predicted octanol–water partition coefficient (Wildman–Crippen LogP) is 3.65. The molecule has 0 atom stereocenters. The molecule has 98 valence electrons. The number of rotatable bonds is 1. The van der Waals surface area contributed by atoms with Gasteiger partial charge in [-0.2, -0.15) is 5.26 Å². The van der Waals surface area contributed by atoms with Crippen LogP contribution in [0.5, 0.6) is 0 Å². The van der Waals surface area contributed by atoms with Gasteiger partial charge >= 0.3 is 0 Å². The third-order valence-electron chi connectivity index (χ3n) is 2.77. The fourth-order valence-electron chi connectivity index (χ4n) is 1.78. The van der Waals surface area contributed by atoms with Gasteiger partial charge < -0.3 is 4.57 Å². The Bertz CT molecular complexity index is 680. The van der Waals surface area contributed by atoms with Crippen LogP contribution in [0.25, 0.3) is 11.1 Å². The number of benzene rings is 2. The van der Waals surface area contributed by atoms with Gasteiger partial charge in [-0.3, -0.25) is 0 Å². The summed E-state index contributed by atoms with van der Waals surface area (Å²) in [4.78, 5) is 3.78. The molecular formula is C17H15N3. The topological polar surface area (TPSA) is 41.6 Å². The number of aryl methyl sites for hydroxylation is 1. The van der Waals surface area contributed by atoms with Crippen molar-refractivity contribution in [2.24, 2.45) is 7.05 Å². The van der Waals surface area contributed by atoms with Crippen LogP contribution in [0.4, 0.5) is 0 Å². The Hall–Kier alpha value is -2.86. The second-order valence-corrected chi connectivity index (χ2v) is 4.25. The standard InChI is InChI=1S/C13H9N.C4H6N2/c14-10-12-8-4-5-9-13(12)11-6-2-1-3-7-11;1-6-3-2-5-4-6/h1-9H;2-4H,1H3. The summed E-state index contributed by atoms with van der Waals surface area (Å²) in [6, 6.07) is 19.8. The Balaban J connectivity index is 0.000000205. The minimum absolute atomic E-state index is 0.721. The highest BCUT2D eigenvalue weighted by molar-refractivity contribution is 5.70. The van der Waals surface area contributed by atoms with Crippen LogP contribution in [0.1, 0.15) is 5.56 Å². The van der Waals surface area contributed by atoms with E-state index in [1.54, 1.807) is 12.5 Å². The highest BCUT2D eigenvalue weighted by Crippen LogP contribution is 2.22. The third-order valence-corrected chi connectivity index (χ3v) is 2.77. The molecule has 0 saturated carbocycles. The Morgan fingerprint density at radius 2 is 1.70 bits per heavy atom. The van der Waals surface area contributed by atoms with Crippen LogP contribution in [0.15, 0.2) is 73.3 Å². The van der Waals surface area contributed by atoms with Crippen LogP contribution < -0.4 is 0 Å². The summed E-state index contributed by atoms with van der Waals surface area (Å²) < 4.78 is 1.89. The molecule has 3 nitrogen and oxygen atoms in total. The normalized spacial score (nSPS) is 9.20. The van der Waals surface area contributed by atoms with Gasteiger partial charge in [-0.15, -0.1) is 0 Å². The molecule has 0 unspecified atom stereocenters. The summed E-state index contributed by atoms with van der Waals surface area (Å²) in [6.45, 7) is 0. The van der Waals surface area contributed by atoms with Crippen LogP contribution >= 0.6 is 0 Å². The maximum Gasteiger partial charge on any atom is 0.0998 e. The van der Waals surface area contributed by atoms with E-state index in [9.17, 15) is 0 Å². The molecule has 0 aliphatic carbocycles. The molecule has 0 saturated heterocycles. The molecule has 0 spiro atoms. The van der Waals surface area contributed by atoms with E-state index in [1.807, 2.05) is 72.4 Å². The number of hydrogen-bond donors (Lipinski definition) is 0. The van der Waals surface area contributed by atoms with Gasteiger partial charge in [0.25, 0.3) is 0 Å². The zero-order chi connectivity index (χ0) is 14.2. The minimum atomic E-state index is 0.721. The van der Waals surface area contributed by atoms with E-state index in [2.05, 4.69) is 11.1 Å². The fourth-order valence-corrected chi connectivity index (χ4v) is 1.78. The molecule has 0 radical (unpaired) electrons. The Kier molecular flexibility index (Phi) is 4.69. The first-order valence-electron chi connectivity index (χ1n) is 6.27. The molecule has 0 fully saturated rings. The predicted molar refractivity (Wildman–Crippen MR) is 79.8 cm³/mol. The van der Waals surface area contributed by atoms with Gasteiger partial charge in [-0.05, 0) is 17.2 Å². The van der Waals surface area contributed by atoms with Crippen LogP contribution in [0, 0.1) is 11.3 Å². The number of imidazole rings is 1. The number of aromatic nitrogens is 2. The quantitative estimate of drug-likeness (QED) is 0.671. The van der Waals surface area contributed by atoms with Gasteiger partial charge in [0.15, 0.2) is 0 Å². The second kappa shape index (κ2) is 6.91. The number of nitriles is 1. The highest BCUT2D eigenvalue weighted by Gasteiger charge is 2.01. The van der Waals surface area contributed by atoms with Crippen molar-refractivity contribution in [3.8, 4) is 17.2 Å². The lowest BCUT2D eigenvalue weighted by Gasteiger charge is -2.02. The summed E-state index contributed by atoms with van der Waals surface area (Å²) in [5.74, 6) is 0. The van der Waals surface area contributed by atoms with E-state index in [1.165, 1.54) is 0 Å².